The van der Waals surface area contributed by atoms with Crippen molar-refractivity contribution in [1.29, 1.82) is 0 Å². The van der Waals surface area contributed by atoms with Crippen molar-refractivity contribution in [1.82, 2.24) is 5.32 Å². The van der Waals surface area contributed by atoms with Gasteiger partial charge in [0.2, 0.25) is 11.8 Å². The first-order valence-electron chi connectivity index (χ1n) is 6.45. The Hall–Kier alpha value is -1.59. The predicted molar refractivity (Wildman–Crippen MR) is 82.1 cm³/mol. The van der Waals surface area contributed by atoms with Crippen LogP contribution in [-0.2, 0) is 9.59 Å². The average molecular weight is 298 g/mol. The fourth-order valence-electron chi connectivity index (χ4n) is 2.01. The van der Waals surface area contributed by atoms with E-state index in [1.807, 2.05) is 13.0 Å². The summed E-state index contributed by atoms with van der Waals surface area (Å²) in [5, 5.41) is 8.74. The molecule has 20 heavy (non-hydrogen) atoms. The van der Waals surface area contributed by atoms with Crippen molar-refractivity contribution < 1.29 is 9.59 Å². The van der Waals surface area contributed by atoms with Crippen molar-refractivity contribution in [3.63, 3.8) is 0 Å². The number of carbonyl (C=O) groups is 2. The van der Waals surface area contributed by atoms with Gasteiger partial charge in [-0.2, -0.15) is 0 Å². The van der Waals surface area contributed by atoms with Crippen LogP contribution in [0.3, 0.4) is 0 Å². The van der Waals surface area contributed by atoms with E-state index in [1.165, 1.54) is 6.92 Å². The van der Waals surface area contributed by atoms with Crippen molar-refractivity contribution in [2.24, 2.45) is 11.8 Å². The summed E-state index contributed by atoms with van der Waals surface area (Å²) in [5.74, 6) is 0.299. The lowest BCUT2D eigenvalue weighted by Gasteiger charge is -2.31. The van der Waals surface area contributed by atoms with Gasteiger partial charge in [-0.15, -0.1) is 12.4 Å². The molecule has 0 aliphatic carbocycles. The summed E-state index contributed by atoms with van der Waals surface area (Å²) in [7, 11) is 0. The Balaban J connectivity index is 0.00000200. The van der Waals surface area contributed by atoms with E-state index in [0.717, 1.165) is 13.1 Å². The minimum absolute atomic E-state index is 0. The molecule has 3 N–H and O–H groups in total. The number of amides is 2. The summed E-state index contributed by atoms with van der Waals surface area (Å²) >= 11 is 0. The van der Waals surface area contributed by atoms with Gasteiger partial charge in [0.25, 0.3) is 0 Å². The summed E-state index contributed by atoms with van der Waals surface area (Å²) in [6.07, 6.45) is 0. The van der Waals surface area contributed by atoms with Crippen LogP contribution < -0.4 is 16.0 Å². The highest BCUT2D eigenvalue weighted by Gasteiger charge is 2.28. The molecule has 6 heteroatoms. The largest absolute Gasteiger partial charge is 0.326 e. The van der Waals surface area contributed by atoms with E-state index in [0.29, 0.717) is 17.3 Å². The highest BCUT2D eigenvalue weighted by atomic mass is 35.5. The van der Waals surface area contributed by atoms with E-state index in [-0.39, 0.29) is 30.1 Å². The molecule has 0 aromatic heterocycles. The van der Waals surface area contributed by atoms with E-state index >= 15 is 0 Å². The van der Waals surface area contributed by atoms with Gasteiger partial charge in [-0.1, -0.05) is 13.0 Å². The maximum atomic E-state index is 12.1. The second kappa shape index (κ2) is 7.26. The predicted octanol–water partition coefficient (Wildman–Crippen LogP) is 1.86. The maximum absolute atomic E-state index is 12.1. The lowest BCUT2D eigenvalue weighted by atomic mass is 9.88. The monoisotopic (exact) mass is 297 g/mol. The van der Waals surface area contributed by atoms with Crippen LogP contribution in [0.1, 0.15) is 13.8 Å². The minimum atomic E-state index is -0.127. The van der Waals surface area contributed by atoms with Crippen LogP contribution in [-0.4, -0.2) is 24.9 Å². The van der Waals surface area contributed by atoms with Crippen LogP contribution in [0, 0.1) is 11.8 Å². The van der Waals surface area contributed by atoms with E-state index in [1.54, 1.807) is 18.2 Å². The quantitative estimate of drug-likeness (QED) is 0.794. The van der Waals surface area contributed by atoms with Gasteiger partial charge in [-0.05, 0) is 37.2 Å². The molecule has 110 valence electrons. The normalized spacial score (nSPS) is 15.5. The summed E-state index contributed by atoms with van der Waals surface area (Å²) < 4.78 is 0. The number of nitrogens with one attached hydrogen (secondary N) is 3. The molecule has 1 aromatic carbocycles. The minimum Gasteiger partial charge on any atom is -0.326 e. The Labute approximate surface area is 124 Å². The molecule has 0 spiro atoms. The van der Waals surface area contributed by atoms with Crippen molar-refractivity contribution in [2.75, 3.05) is 23.7 Å². The number of rotatable bonds is 4. The van der Waals surface area contributed by atoms with Gasteiger partial charge in [-0.25, -0.2) is 0 Å². The Morgan fingerprint density at radius 3 is 2.35 bits per heavy atom. The Morgan fingerprint density at radius 1 is 1.25 bits per heavy atom. The van der Waals surface area contributed by atoms with Gasteiger partial charge < -0.3 is 16.0 Å². The zero-order chi connectivity index (χ0) is 13.8. The molecule has 0 saturated carbocycles. The third kappa shape index (κ3) is 4.21. The van der Waals surface area contributed by atoms with Crippen LogP contribution in [0.4, 0.5) is 11.4 Å². The summed E-state index contributed by atoms with van der Waals surface area (Å²) in [6.45, 7) is 5.20. The first-order valence-corrected chi connectivity index (χ1v) is 6.45. The second-order valence-electron chi connectivity index (χ2n) is 4.96. The lowest BCUT2D eigenvalue weighted by Crippen LogP contribution is -2.48. The first kappa shape index (κ1) is 16.5. The van der Waals surface area contributed by atoms with Gasteiger partial charge in [-0.3, -0.25) is 9.59 Å². The number of benzene rings is 1. The lowest BCUT2D eigenvalue weighted by molar-refractivity contribution is -0.121. The number of halogens is 1. The van der Waals surface area contributed by atoms with Crippen molar-refractivity contribution >= 4 is 35.6 Å². The molecule has 0 radical (unpaired) electrons. The standard InChI is InChI=1S/C14H19N3O2.ClH/c1-9(11-7-15-8-11)14(19)17-13-5-3-4-12(6-13)16-10(2)18;/h3-6,9,11,15H,7-8H2,1-2H3,(H,16,18)(H,17,19);1H. The van der Waals surface area contributed by atoms with Gasteiger partial charge in [0.05, 0.1) is 0 Å². The van der Waals surface area contributed by atoms with Crippen LogP contribution in [0.25, 0.3) is 0 Å². The molecule has 2 amide bonds. The third-order valence-corrected chi connectivity index (χ3v) is 3.38. The SMILES string of the molecule is CC(=O)Nc1cccc(NC(=O)C(C)C2CNC2)c1.Cl. The molecule has 2 rings (SSSR count). The molecule has 1 heterocycles. The zero-order valence-corrected chi connectivity index (χ0v) is 12.4. The first-order chi connectivity index (χ1) is 9.06. The highest BCUT2D eigenvalue weighted by Crippen LogP contribution is 2.20. The molecular weight excluding hydrogens is 278 g/mol. The Kier molecular flexibility index (Phi) is 5.98. The van der Waals surface area contributed by atoms with Crippen molar-refractivity contribution in [2.45, 2.75) is 13.8 Å². The summed E-state index contributed by atoms with van der Waals surface area (Å²) in [4.78, 5) is 23.0. The van der Waals surface area contributed by atoms with Gasteiger partial charge in [0.15, 0.2) is 0 Å². The Morgan fingerprint density at radius 2 is 1.85 bits per heavy atom. The Bertz CT molecular complexity index is 489. The fourth-order valence-corrected chi connectivity index (χ4v) is 2.01. The highest BCUT2D eigenvalue weighted by molar-refractivity contribution is 5.94. The van der Waals surface area contributed by atoms with Crippen molar-refractivity contribution in [3.05, 3.63) is 24.3 Å². The number of carbonyl (C=O) groups excluding carboxylic acids is 2. The molecule has 1 aliphatic heterocycles. The van der Waals surface area contributed by atoms with Crippen molar-refractivity contribution in [3.8, 4) is 0 Å². The molecule has 1 saturated heterocycles. The van der Waals surface area contributed by atoms with Crippen LogP contribution in [0.15, 0.2) is 24.3 Å². The molecule has 1 atom stereocenters. The molecule has 5 nitrogen and oxygen atoms in total. The molecule has 1 unspecified atom stereocenters. The average Bonchev–Trinajstić information content (AvgIpc) is 2.26. The number of anilines is 2. The van der Waals surface area contributed by atoms with Gasteiger partial charge >= 0.3 is 0 Å². The molecule has 1 aromatic rings. The smallest absolute Gasteiger partial charge is 0.227 e. The number of hydrogen-bond donors (Lipinski definition) is 3. The van der Waals surface area contributed by atoms with Crippen LogP contribution >= 0.6 is 12.4 Å². The summed E-state index contributed by atoms with van der Waals surface area (Å²) in [6, 6.07) is 7.16. The van der Waals surface area contributed by atoms with E-state index in [4.69, 9.17) is 0 Å². The topological polar surface area (TPSA) is 70.2 Å². The van der Waals surface area contributed by atoms with Crippen LogP contribution in [0.2, 0.25) is 0 Å². The fraction of sp³-hybridized carbons (Fsp3) is 0.429. The molecule has 1 fully saturated rings. The molecular formula is C14H20ClN3O2. The van der Waals surface area contributed by atoms with E-state index in [9.17, 15) is 9.59 Å². The van der Waals surface area contributed by atoms with Gasteiger partial charge in [0.1, 0.15) is 0 Å². The van der Waals surface area contributed by atoms with Gasteiger partial charge in [0, 0.05) is 24.2 Å². The number of hydrogen-bond acceptors (Lipinski definition) is 3. The van der Waals surface area contributed by atoms with E-state index in [2.05, 4.69) is 16.0 Å². The molecule has 0 bridgehead atoms. The maximum Gasteiger partial charge on any atom is 0.227 e. The second-order valence-corrected chi connectivity index (χ2v) is 4.96. The summed E-state index contributed by atoms with van der Waals surface area (Å²) in [5.41, 5.74) is 1.39. The molecule has 1 aliphatic rings. The zero-order valence-electron chi connectivity index (χ0n) is 11.6. The van der Waals surface area contributed by atoms with Crippen LogP contribution in [0.5, 0.6) is 0 Å². The third-order valence-electron chi connectivity index (χ3n) is 3.38. The van der Waals surface area contributed by atoms with E-state index < -0.39 is 0 Å².